The molecule has 1 aromatic heterocycles. The van der Waals surface area contributed by atoms with Crippen molar-refractivity contribution >= 4 is 10.9 Å². The molecule has 0 N–H and O–H groups in total. The molecular formula is C30H34N2O. The van der Waals surface area contributed by atoms with Crippen molar-refractivity contribution in [2.24, 2.45) is 5.92 Å². The van der Waals surface area contributed by atoms with Gasteiger partial charge < -0.3 is 0 Å². The first-order valence-corrected chi connectivity index (χ1v) is 12.2. The molecule has 0 aliphatic carbocycles. The van der Waals surface area contributed by atoms with Crippen LogP contribution >= 0.6 is 0 Å². The topological polar surface area (TPSA) is 34.9 Å². The fraction of sp³-hybridized carbons (Fsp3) is 0.333. The Hall–Kier alpha value is -3.20. The third-order valence-corrected chi connectivity index (χ3v) is 6.71. The minimum absolute atomic E-state index is 0.0576. The Morgan fingerprint density at radius 3 is 2.33 bits per heavy atom. The van der Waals surface area contributed by atoms with Gasteiger partial charge in [-0.2, -0.15) is 0 Å². The number of fused-ring (bicyclic) bond motifs is 1. The zero-order chi connectivity index (χ0) is 23.4. The Bertz CT molecular complexity index is 1300. The molecule has 0 aliphatic rings. The number of hydrogen-bond acceptors (Lipinski definition) is 2. The Balaban J connectivity index is 1.90. The van der Waals surface area contributed by atoms with Crippen LogP contribution in [0.4, 0.5) is 0 Å². The van der Waals surface area contributed by atoms with Gasteiger partial charge in [-0.25, -0.2) is 4.98 Å². The number of benzene rings is 3. The average molecular weight is 439 g/mol. The molecule has 33 heavy (non-hydrogen) atoms. The van der Waals surface area contributed by atoms with Gasteiger partial charge in [-0.05, 0) is 55.0 Å². The van der Waals surface area contributed by atoms with Crippen LogP contribution in [0.2, 0.25) is 0 Å². The molecule has 170 valence electrons. The Morgan fingerprint density at radius 1 is 0.909 bits per heavy atom. The van der Waals surface area contributed by atoms with E-state index in [-0.39, 0.29) is 5.56 Å². The summed E-state index contributed by atoms with van der Waals surface area (Å²) in [6, 6.07) is 22.7. The molecule has 0 bridgehead atoms. The van der Waals surface area contributed by atoms with E-state index in [2.05, 4.69) is 70.2 Å². The summed E-state index contributed by atoms with van der Waals surface area (Å²) in [5.74, 6) is 1.24. The molecule has 0 radical (unpaired) electrons. The van der Waals surface area contributed by atoms with Crippen LogP contribution < -0.4 is 5.56 Å². The quantitative estimate of drug-likeness (QED) is 0.284. The fourth-order valence-corrected chi connectivity index (χ4v) is 4.52. The van der Waals surface area contributed by atoms with Crippen molar-refractivity contribution in [3.8, 4) is 22.5 Å². The Labute approximate surface area is 197 Å². The van der Waals surface area contributed by atoms with E-state index in [1.807, 2.05) is 28.8 Å². The maximum atomic E-state index is 13.9. The predicted molar refractivity (Wildman–Crippen MR) is 140 cm³/mol. The van der Waals surface area contributed by atoms with E-state index in [0.717, 1.165) is 46.4 Å². The van der Waals surface area contributed by atoms with Crippen LogP contribution in [0.3, 0.4) is 0 Å². The maximum absolute atomic E-state index is 13.9. The minimum Gasteiger partial charge on any atom is -0.292 e. The molecule has 0 aliphatic heterocycles. The monoisotopic (exact) mass is 438 g/mol. The van der Waals surface area contributed by atoms with E-state index in [0.29, 0.717) is 17.8 Å². The third-order valence-electron chi connectivity index (χ3n) is 6.71. The minimum atomic E-state index is 0.0576. The second kappa shape index (κ2) is 10.2. The lowest BCUT2D eigenvalue weighted by Crippen LogP contribution is -2.27. The molecule has 3 heteroatoms. The van der Waals surface area contributed by atoms with Crippen LogP contribution in [0.15, 0.2) is 71.5 Å². The third kappa shape index (κ3) is 4.93. The van der Waals surface area contributed by atoms with Gasteiger partial charge in [-0.1, -0.05) is 93.3 Å². The van der Waals surface area contributed by atoms with Gasteiger partial charge in [-0.3, -0.25) is 9.36 Å². The second-order valence-electron chi connectivity index (χ2n) is 9.18. The maximum Gasteiger partial charge on any atom is 0.261 e. The molecule has 0 fully saturated rings. The van der Waals surface area contributed by atoms with Crippen molar-refractivity contribution in [3.63, 3.8) is 0 Å². The van der Waals surface area contributed by atoms with E-state index in [9.17, 15) is 4.79 Å². The van der Waals surface area contributed by atoms with Gasteiger partial charge >= 0.3 is 0 Å². The first kappa shape index (κ1) is 23.0. The van der Waals surface area contributed by atoms with Crippen molar-refractivity contribution in [2.45, 2.75) is 59.9 Å². The molecule has 0 amide bonds. The molecule has 0 spiro atoms. The lowest BCUT2D eigenvalue weighted by atomic mass is 9.98. The largest absolute Gasteiger partial charge is 0.292 e. The summed E-state index contributed by atoms with van der Waals surface area (Å²) >= 11 is 0. The number of aromatic nitrogens is 2. The smallest absolute Gasteiger partial charge is 0.261 e. The normalized spacial score (nSPS) is 12.2. The van der Waals surface area contributed by atoms with Crippen LogP contribution in [-0.2, 0) is 6.54 Å². The Morgan fingerprint density at radius 2 is 1.64 bits per heavy atom. The highest BCUT2D eigenvalue weighted by Crippen LogP contribution is 2.27. The van der Waals surface area contributed by atoms with Crippen molar-refractivity contribution in [2.75, 3.05) is 0 Å². The van der Waals surface area contributed by atoms with E-state index in [1.54, 1.807) is 0 Å². The number of unbranched alkanes of at least 4 members (excludes halogenated alkanes) is 1. The summed E-state index contributed by atoms with van der Waals surface area (Å²) in [7, 11) is 0. The van der Waals surface area contributed by atoms with Gasteiger partial charge in [0.15, 0.2) is 0 Å². The number of rotatable bonds is 8. The number of nitrogens with zero attached hydrogens (tertiary/aromatic N) is 2. The highest BCUT2D eigenvalue weighted by Gasteiger charge is 2.18. The van der Waals surface area contributed by atoms with Crippen LogP contribution in [0.1, 0.15) is 50.7 Å². The number of aryl methyl sites for hydroxylation is 2. The summed E-state index contributed by atoms with van der Waals surface area (Å²) in [6.45, 7) is 9.33. The molecule has 3 nitrogen and oxygen atoms in total. The lowest BCUT2D eigenvalue weighted by Gasteiger charge is -2.20. The zero-order valence-electron chi connectivity index (χ0n) is 20.3. The molecule has 1 atom stereocenters. The second-order valence-corrected chi connectivity index (χ2v) is 9.18. The SMILES string of the molecule is CCCCC(CC)Cn1c(-c2ccccc2C)nc2ccc(-c3ccc(C)cc3)cc2c1=O. The summed E-state index contributed by atoms with van der Waals surface area (Å²) in [5, 5.41) is 0.691. The summed E-state index contributed by atoms with van der Waals surface area (Å²) in [5.41, 5.74) is 6.37. The molecule has 0 saturated heterocycles. The van der Waals surface area contributed by atoms with E-state index in [4.69, 9.17) is 4.98 Å². The van der Waals surface area contributed by atoms with Gasteiger partial charge in [-0.15, -0.1) is 0 Å². The molecule has 4 rings (SSSR count). The standard InChI is InChI=1S/C30H34N2O/c1-5-7-11-23(6-2)20-32-29(26-12-9-8-10-22(26)4)31-28-18-17-25(19-27(28)30(32)33)24-15-13-21(3)14-16-24/h8-10,12-19,23H,5-7,11,20H2,1-4H3. The molecule has 4 aromatic rings. The highest BCUT2D eigenvalue weighted by molar-refractivity contribution is 5.85. The van der Waals surface area contributed by atoms with E-state index >= 15 is 0 Å². The highest BCUT2D eigenvalue weighted by atomic mass is 16.1. The average Bonchev–Trinajstić information content (AvgIpc) is 2.83. The Kier molecular flexibility index (Phi) is 7.08. The predicted octanol–water partition coefficient (Wildman–Crippen LogP) is 7.56. The summed E-state index contributed by atoms with van der Waals surface area (Å²) in [6.07, 6.45) is 4.55. The molecular weight excluding hydrogens is 404 g/mol. The van der Waals surface area contributed by atoms with E-state index in [1.165, 1.54) is 18.4 Å². The summed E-state index contributed by atoms with van der Waals surface area (Å²) in [4.78, 5) is 19.0. The van der Waals surface area contributed by atoms with Gasteiger partial charge in [0.25, 0.3) is 5.56 Å². The first-order chi connectivity index (χ1) is 16.0. The van der Waals surface area contributed by atoms with Gasteiger partial charge in [0, 0.05) is 12.1 Å². The van der Waals surface area contributed by atoms with Crippen molar-refractivity contribution in [3.05, 3.63) is 88.2 Å². The van der Waals surface area contributed by atoms with Crippen LogP contribution in [0.25, 0.3) is 33.4 Å². The lowest BCUT2D eigenvalue weighted by molar-refractivity contribution is 0.386. The summed E-state index contributed by atoms with van der Waals surface area (Å²) < 4.78 is 1.94. The van der Waals surface area contributed by atoms with Crippen molar-refractivity contribution in [1.82, 2.24) is 9.55 Å². The molecule has 0 saturated carbocycles. The van der Waals surface area contributed by atoms with Crippen LogP contribution in [0.5, 0.6) is 0 Å². The fourth-order valence-electron chi connectivity index (χ4n) is 4.52. The zero-order valence-corrected chi connectivity index (χ0v) is 20.3. The first-order valence-electron chi connectivity index (χ1n) is 12.2. The molecule has 3 aromatic carbocycles. The van der Waals surface area contributed by atoms with Gasteiger partial charge in [0.1, 0.15) is 5.82 Å². The van der Waals surface area contributed by atoms with E-state index < -0.39 is 0 Å². The molecule has 1 unspecified atom stereocenters. The molecule has 1 heterocycles. The van der Waals surface area contributed by atoms with Gasteiger partial charge in [0.05, 0.1) is 10.9 Å². The van der Waals surface area contributed by atoms with Crippen LogP contribution in [0, 0.1) is 19.8 Å². The van der Waals surface area contributed by atoms with Crippen LogP contribution in [-0.4, -0.2) is 9.55 Å². The van der Waals surface area contributed by atoms with Crippen molar-refractivity contribution < 1.29 is 0 Å². The number of hydrogen-bond donors (Lipinski definition) is 0. The van der Waals surface area contributed by atoms with Gasteiger partial charge in [0.2, 0.25) is 0 Å². The van der Waals surface area contributed by atoms with Crippen molar-refractivity contribution in [1.29, 1.82) is 0 Å².